The first-order chi connectivity index (χ1) is 10.0. The van der Waals surface area contributed by atoms with Crippen molar-refractivity contribution in [3.05, 3.63) is 67.7 Å². The van der Waals surface area contributed by atoms with Crippen LogP contribution in [0.3, 0.4) is 0 Å². The maximum atomic E-state index is 10.6. The van der Waals surface area contributed by atoms with Crippen molar-refractivity contribution in [2.75, 3.05) is 0 Å². The van der Waals surface area contributed by atoms with E-state index in [1.165, 1.54) is 12.1 Å². The predicted octanol–water partition coefficient (Wildman–Crippen LogP) is 3.74. The molecule has 0 radical (unpaired) electrons. The number of aliphatic hydroxyl groups excluding tert-OH is 1. The molecule has 0 amide bonds. The lowest BCUT2D eigenvalue weighted by molar-refractivity contribution is -0.384. The summed E-state index contributed by atoms with van der Waals surface area (Å²) in [6, 6.07) is 9.92. The van der Waals surface area contributed by atoms with Crippen molar-refractivity contribution in [1.29, 1.82) is 0 Å². The number of benzene rings is 2. The summed E-state index contributed by atoms with van der Waals surface area (Å²) in [5.74, 6) is 0.638. The van der Waals surface area contributed by atoms with Gasteiger partial charge in [-0.05, 0) is 42.3 Å². The summed E-state index contributed by atoms with van der Waals surface area (Å²) in [5.41, 5.74) is 2.49. The molecule has 0 fully saturated rings. The van der Waals surface area contributed by atoms with Crippen LogP contribution in [0.4, 0.5) is 5.69 Å². The van der Waals surface area contributed by atoms with Crippen molar-refractivity contribution in [3.8, 4) is 5.75 Å². The van der Waals surface area contributed by atoms with E-state index in [0.717, 1.165) is 15.6 Å². The van der Waals surface area contributed by atoms with Gasteiger partial charge < -0.3 is 9.84 Å². The Morgan fingerprint density at radius 1 is 1.29 bits per heavy atom. The van der Waals surface area contributed by atoms with Crippen molar-refractivity contribution in [2.24, 2.45) is 0 Å². The van der Waals surface area contributed by atoms with E-state index in [2.05, 4.69) is 15.9 Å². The summed E-state index contributed by atoms with van der Waals surface area (Å²) in [6.07, 6.45) is 0. The standard InChI is InChI=1S/C15H14BrNO4/c1-10-6-13(16)7-12(8-18)15(10)21-9-11-2-4-14(5-3-11)17(19)20/h2-7,18H,8-9H2,1H3. The number of nitrogens with zero attached hydrogens (tertiary/aromatic N) is 1. The number of halogens is 1. The second kappa shape index (κ2) is 6.69. The van der Waals surface area contributed by atoms with Crippen LogP contribution in [0.25, 0.3) is 0 Å². The summed E-state index contributed by atoms with van der Waals surface area (Å²) in [5, 5.41) is 20.0. The Hall–Kier alpha value is -1.92. The third kappa shape index (κ3) is 3.80. The highest BCUT2D eigenvalue weighted by atomic mass is 79.9. The minimum atomic E-state index is -0.437. The van der Waals surface area contributed by atoms with Gasteiger partial charge in [-0.3, -0.25) is 10.1 Å². The lowest BCUT2D eigenvalue weighted by Gasteiger charge is -2.13. The monoisotopic (exact) mass is 351 g/mol. The van der Waals surface area contributed by atoms with Crippen LogP contribution in [-0.2, 0) is 13.2 Å². The van der Waals surface area contributed by atoms with Crippen molar-refractivity contribution in [1.82, 2.24) is 0 Å². The molecule has 0 aliphatic heterocycles. The van der Waals surface area contributed by atoms with Crippen LogP contribution < -0.4 is 4.74 Å². The van der Waals surface area contributed by atoms with Gasteiger partial charge in [-0.2, -0.15) is 0 Å². The molecule has 0 aliphatic rings. The van der Waals surface area contributed by atoms with E-state index in [4.69, 9.17) is 4.74 Å². The number of rotatable bonds is 5. The van der Waals surface area contributed by atoms with Crippen LogP contribution in [0.15, 0.2) is 40.9 Å². The third-order valence-corrected chi connectivity index (χ3v) is 3.47. The van der Waals surface area contributed by atoms with Gasteiger partial charge in [0.1, 0.15) is 12.4 Å². The molecule has 0 aliphatic carbocycles. The Bertz CT molecular complexity index is 655. The second-order valence-electron chi connectivity index (χ2n) is 4.58. The lowest BCUT2D eigenvalue weighted by Crippen LogP contribution is -2.01. The first kappa shape index (κ1) is 15.5. The molecule has 2 aromatic carbocycles. The minimum Gasteiger partial charge on any atom is -0.488 e. The maximum Gasteiger partial charge on any atom is 0.269 e. The number of non-ortho nitro benzene ring substituents is 1. The van der Waals surface area contributed by atoms with E-state index >= 15 is 0 Å². The van der Waals surface area contributed by atoms with Crippen molar-refractivity contribution in [2.45, 2.75) is 20.1 Å². The van der Waals surface area contributed by atoms with E-state index in [9.17, 15) is 15.2 Å². The van der Waals surface area contributed by atoms with E-state index in [1.54, 1.807) is 18.2 Å². The zero-order chi connectivity index (χ0) is 15.4. The van der Waals surface area contributed by atoms with Crippen molar-refractivity contribution < 1.29 is 14.8 Å². The summed E-state index contributed by atoms with van der Waals surface area (Å²) in [4.78, 5) is 10.2. The molecule has 0 unspecified atom stereocenters. The first-order valence-electron chi connectivity index (χ1n) is 6.27. The molecule has 1 N–H and O–H groups in total. The normalized spacial score (nSPS) is 10.4. The molecule has 0 spiro atoms. The molecular formula is C15H14BrNO4. The molecule has 0 atom stereocenters. The number of hydrogen-bond acceptors (Lipinski definition) is 4. The smallest absolute Gasteiger partial charge is 0.269 e. The molecule has 2 rings (SSSR count). The van der Waals surface area contributed by atoms with Crippen LogP contribution in [0, 0.1) is 17.0 Å². The van der Waals surface area contributed by atoms with E-state index < -0.39 is 4.92 Å². The van der Waals surface area contributed by atoms with Gasteiger partial charge in [0, 0.05) is 22.2 Å². The van der Waals surface area contributed by atoms with Gasteiger partial charge in [0.05, 0.1) is 11.5 Å². The van der Waals surface area contributed by atoms with Gasteiger partial charge in [-0.25, -0.2) is 0 Å². The fraction of sp³-hybridized carbons (Fsp3) is 0.200. The highest BCUT2D eigenvalue weighted by Crippen LogP contribution is 2.29. The van der Waals surface area contributed by atoms with Crippen LogP contribution in [-0.4, -0.2) is 10.0 Å². The Kier molecular flexibility index (Phi) is 4.93. The molecule has 0 aromatic heterocycles. The largest absolute Gasteiger partial charge is 0.488 e. The van der Waals surface area contributed by atoms with Gasteiger partial charge in [0.15, 0.2) is 0 Å². The molecule has 6 heteroatoms. The molecule has 0 bridgehead atoms. The quantitative estimate of drug-likeness (QED) is 0.657. The predicted molar refractivity (Wildman–Crippen MR) is 82.2 cm³/mol. The van der Waals surface area contributed by atoms with Gasteiger partial charge in [-0.1, -0.05) is 15.9 Å². The molecular weight excluding hydrogens is 338 g/mol. The summed E-state index contributed by atoms with van der Waals surface area (Å²) < 4.78 is 6.63. The first-order valence-corrected chi connectivity index (χ1v) is 7.06. The molecule has 21 heavy (non-hydrogen) atoms. The third-order valence-electron chi connectivity index (χ3n) is 3.02. The van der Waals surface area contributed by atoms with E-state index in [1.807, 2.05) is 13.0 Å². The van der Waals surface area contributed by atoms with Gasteiger partial charge in [0.25, 0.3) is 5.69 Å². The summed E-state index contributed by atoms with van der Waals surface area (Å²) in [7, 11) is 0. The number of hydrogen-bond donors (Lipinski definition) is 1. The average Bonchev–Trinajstić information content (AvgIpc) is 2.46. The highest BCUT2D eigenvalue weighted by molar-refractivity contribution is 9.10. The van der Waals surface area contributed by atoms with Crippen LogP contribution in [0.5, 0.6) is 5.75 Å². The lowest BCUT2D eigenvalue weighted by atomic mass is 10.1. The molecule has 110 valence electrons. The number of nitro groups is 1. The average molecular weight is 352 g/mol. The summed E-state index contributed by atoms with van der Waals surface area (Å²) >= 11 is 3.37. The van der Waals surface area contributed by atoms with Gasteiger partial charge >= 0.3 is 0 Å². The Morgan fingerprint density at radius 2 is 1.95 bits per heavy atom. The zero-order valence-corrected chi connectivity index (χ0v) is 13.0. The minimum absolute atomic E-state index is 0.0506. The Labute approximate surface area is 130 Å². The number of ether oxygens (including phenoxy) is 1. The molecule has 0 saturated heterocycles. The molecule has 5 nitrogen and oxygen atoms in total. The summed E-state index contributed by atoms with van der Waals surface area (Å²) in [6.45, 7) is 2.07. The number of aryl methyl sites for hydroxylation is 1. The fourth-order valence-electron chi connectivity index (χ4n) is 1.99. The zero-order valence-electron chi connectivity index (χ0n) is 11.4. The van der Waals surface area contributed by atoms with Crippen molar-refractivity contribution in [3.63, 3.8) is 0 Å². The van der Waals surface area contributed by atoms with Crippen LogP contribution >= 0.6 is 15.9 Å². The van der Waals surface area contributed by atoms with Gasteiger partial charge in [-0.15, -0.1) is 0 Å². The topological polar surface area (TPSA) is 72.6 Å². The SMILES string of the molecule is Cc1cc(Br)cc(CO)c1OCc1ccc([N+](=O)[O-])cc1. The van der Waals surface area contributed by atoms with Crippen LogP contribution in [0.2, 0.25) is 0 Å². The van der Waals surface area contributed by atoms with Crippen molar-refractivity contribution >= 4 is 21.6 Å². The fourth-order valence-corrected chi connectivity index (χ4v) is 2.61. The second-order valence-corrected chi connectivity index (χ2v) is 5.50. The maximum absolute atomic E-state index is 10.6. The number of nitro benzene ring substituents is 1. The number of aliphatic hydroxyl groups is 1. The molecule has 0 heterocycles. The van der Waals surface area contributed by atoms with E-state index in [0.29, 0.717) is 11.3 Å². The Balaban J connectivity index is 2.14. The van der Waals surface area contributed by atoms with E-state index in [-0.39, 0.29) is 18.9 Å². The van der Waals surface area contributed by atoms with Crippen LogP contribution in [0.1, 0.15) is 16.7 Å². The Morgan fingerprint density at radius 3 is 2.52 bits per heavy atom. The van der Waals surface area contributed by atoms with Gasteiger partial charge in [0.2, 0.25) is 0 Å². The highest BCUT2D eigenvalue weighted by Gasteiger charge is 2.09. The molecule has 2 aromatic rings. The molecule has 0 saturated carbocycles.